The Bertz CT molecular complexity index is 462. The van der Waals surface area contributed by atoms with Crippen LogP contribution in [0.5, 0.6) is 5.75 Å². The fourth-order valence-electron chi connectivity index (χ4n) is 3.09. The smallest absolute Gasteiger partial charge is 0.155 e. The molecule has 3 heteroatoms. The first kappa shape index (κ1) is 12.9. The van der Waals surface area contributed by atoms with Gasteiger partial charge in [0, 0.05) is 6.20 Å². The number of ether oxygens (including phenoxy) is 1. The fourth-order valence-corrected chi connectivity index (χ4v) is 3.09. The molecule has 2 atom stereocenters. The Morgan fingerprint density at radius 3 is 2.89 bits per heavy atom. The summed E-state index contributed by atoms with van der Waals surface area (Å²) >= 11 is 0. The Balaban J connectivity index is 2.12. The van der Waals surface area contributed by atoms with Gasteiger partial charge in [0.15, 0.2) is 5.75 Å². The molecule has 1 saturated carbocycles. The Labute approximate surface area is 109 Å². The number of rotatable bonds is 2. The van der Waals surface area contributed by atoms with Crippen molar-refractivity contribution >= 4 is 0 Å². The second-order valence-corrected chi connectivity index (χ2v) is 6.14. The third-order valence-electron chi connectivity index (χ3n) is 3.55. The van der Waals surface area contributed by atoms with Gasteiger partial charge in [-0.25, -0.2) is 0 Å². The molecule has 1 fully saturated rings. The van der Waals surface area contributed by atoms with E-state index in [1.165, 1.54) is 6.42 Å². The molecule has 18 heavy (non-hydrogen) atoms. The van der Waals surface area contributed by atoms with Crippen molar-refractivity contribution in [1.82, 2.24) is 4.98 Å². The maximum Gasteiger partial charge on any atom is 0.155 e. The summed E-state index contributed by atoms with van der Waals surface area (Å²) < 4.78 is 6.00. The minimum absolute atomic E-state index is 0.194. The molecular formula is C15H20N2O. The van der Waals surface area contributed by atoms with Gasteiger partial charge in [0.1, 0.15) is 6.07 Å². The Morgan fingerprint density at radius 2 is 2.22 bits per heavy atom. The molecule has 1 aromatic rings. The first-order valence-electron chi connectivity index (χ1n) is 6.51. The summed E-state index contributed by atoms with van der Waals surface area (Å²) in [5.41, 5.74) is 0.887. The molecule has 2 rings (SSSR count). The number of hydrogen-bond acceptors (Lipinski definition) is 3. The molecule has 1 aliphatic rings. The Morgan fingerprint density at radius 1 is 1.44 bits per heavy atom. The molecule has 0 radical (unpaired) electrons. The van der Waals surface area contributed by atoms with E-state index in [1.54, 1.807) is 18.5 Å². The maximum absolute atomic E-state index is 9.04. The topological polar surface area (TPSA) is 45.9 Å². The van der Waals surface area contributed by atoms with Crippen LogP contribution in [0.4, 0.5) is 0 Å². The highest BCUT2D eigenvalue weighted by atomic mass is 16.5. The molecule has 96 valence electrons. The SMILES string of the molecule is CC1CC(Oc2cnccc2C#N)CC(C)(C)C1. The van der Waals surface area contributed by atoms with E-state index in [2.05, 4.69) is 31.8 Å². The zero-order valence-corrected chi connectivity index (χ0v) is 11.3. The first-order valence-corrected chi connectivity index (χ1v) is 6.51. The number of nitriles is 1. The van der Waals surface area contributed by atoms with Crippen LogP contribution in [-0.4, -0.2) is 11.1 Å². The van der Waals surface area contributed by atoms with Crippen LogP contribution in [0, 0.1) is 22.7 Å². The van der Waals surface area contributed by atoms with E-state index in [0.29, 0.717) is 22.6 Å². The summed E-state index contributed by atoms with van der Waals surface area (Å²) in [5, 5.41) is 9.04. The maximum atomic E-state index is 9.04. The molecule has 0 saturated heterocycles. The molecule has 3 nitrogen and oxygen atoms in total. The van der Waals surface area contributed by atoms with Crippen molar-refractivity contribution in [2.24, 2.45) is 11.3 Å². The highest BCUT2D eigenvalue weighted by Crippen LogP contribution is 2.40. The lowest BCUT2D eigenvalue weighted by atomic mass is 9.71. The third-order valence-corrected chi connectivity index (χ3v) is 3.55. The van der Waals surface area contributed by atoms with E-state index in [0.717, 1.165) is 12.8 Å². The van der Waals surface area contributed by atoms with Gasteiger partial charge < -0.3 is 4.74 Å². The second-order valence-electron chi connectivity index (χ2n) is 6.14. The van der Waals surface area contributed by atoms with Gasteiger partial charge in [-0.3, -0.25) is 4.98 Å². The van der Waals surface area contributed by atoms with E-state index in [9.17, 15) is 0 Å². The van der Waals surface area contributed by atoms with Gasteiger partial charge in [-0.05, 0) is 36.7 Å². The van der Waals surface area contributed by atoms with E-state index in [-0.39, 0.29) is 6.10 Å². The average Bonchev–Trinajstić information content (AvgIpc) is 2.27. The highest BCUT2D eigenvalue weighted by Gasteiger charge is 2.33. The van der Waals surface area contributed by atoms with Crippen molar-refractivity contribution in [2.75, 3.05) is 0 Å². The third kappa shape index (κ3) is 3.01. The zero-order valence-electron chi connectivity index (χ0n) is 11.3. The zero-order chi connectivity index (χ0) is 13.2. The van der Waals surface area contributed by atoms with E-state index < -0.39 is 0 Å². The molecule has 2 unspecified atom stereocenters. The lowest BCUT2D eigenvalue weighted by Crippen LogP contribution is -2.34. The van der Waals surface area contributed by atoms with Gasteiger partial charge in [0.05, 0.1) is 17.9 Å². The molecule has 1 aromatic heterocycles. The molecular weight excluding hydrogens is 224 g/mol. The molecule has 1 aliphatic carbocycles. The molecule has 0 aromatic carbocycles. The van der Waals surface area contributed by atoms with Crippen LogP contribution in [0.3, 0.4) is 0 Å². The minimum Gasteiger partial charge on any atom is -0.487 e. The van der Waals surface area contributed by atoms with Gasteiger partial charge in [0.25, 0.3) is 0 Å². The second kappa shape index (κ2) is 4.97. The van der Waals surface area contributed by atoms with Crippen molar-refractivity contribution in [3.05, 3.63) is 24.0 Å². The summed E-state index contributed by atoms with van der Waals surface area (Å²) in [4.78, 5) is 4.04. The van der Waals surface area contributed by atoms with Crippen LogP contribution in [-0.2, 0) is 0 Å². The van der Waals surface area contributed by atoms with E-state index >= 15 is 0 Å². The minimum atomic E-state index is 0.194. The number of hydrogen-bond donors (Lipinski definition) is 0. The van der Waals surface area contributed by atoms with Crippen LogP contribution in [0.2, 0.25) is 0 Å². The van der Waals surface area contributed by atoms with Crippen molar-refractivity contribution in [2.45, 2.75) is 46.1 Å². The monoisotopic (exact) mass is 244 g/mol. The van der Waals surface area contributed by atoms with Crippen LogP contribution in [0.25, 0.3) is 0 Å². The molecule has 0 amide bonds. The highest BCUT2D eigenvalue weighted by molar-refractivity contribution is 5.40. The number of pyridine rings is 1. The van der Waals surface area contributed by atoms with Crippen LogP contribution >= 0.6 is 0 Å². The van der Waals surface area contributed by atoms with Crippen LogP contribution in [0.1, 0.15) is 45.6 Å². The van der Waals surface area contributed by atoms with E-state index in [1.807, 2.05) is 0 Å². The van der Waals surface area contributed by atoms with E-state index in [4.69, 9.17) is 10.00 Å². The summed E-state index contributed by atoms with van der Waals surface area (Å²) in [6.45, 7) is 6.84. The number of nitrogens with zero attached hydrogens (tertiary/aromatic N) is 2. The van der Waals surface area contributed by atoms with Gasteiger partial charge in [-0.1, -0.05) is 20.8 Å². The lowest BCUT2D eigenvalue weighted by molar-refractivity contribution is 0.0558. The summed E-state index contributed by atoms with van der Waals surface area (Å²) in [6, 6.07) is 3.85. The van der Waals surface area contributed by atoms with Crippen LogP contribution in [0.15, 0.2) is 18.5 Å². The molecule has 0 spiro atoms. The van der Waals surface area contributed by atoms with Gasteiger partial charge in [-0.2, -0.15) is 5.26 Å². The largest absolute Gasteiger partial charge is 0.487 e. The normalized spacial score (nSPS) is 26.3. The summed E-state index contributed by atoms with van der Waals surface area (Å²) in [5.74, 6) is 1.29. The predicted octanol–water partition coefficient (Wildman–Crippen LogP) is 3.55. The average molecular weight is 244 g/mol. The van der Waals surface area contributed by atoms with Crippen molar-refractivity contribution in [3.8, 4) is 11.8 Å². The first-order chi connectivity index (χ1) is 8.50. The Kier molecular flexibility index (Phi) is 3.56. The lowest BCUT2D eigenvalue weighted by Gasteiger charge is -2.38. The molecule has 0 bridgehead atoms. The Hall–Kier alpha value is -1.56. The summed E-state index contributed by atoms with van der Waals surface area (Å²) in [6.07, 6.45) is 6.80. The predicted molar refractivity (Wildman–Crippen MR) is 70.2 cm³/mol. The standard InChI is InChI=1S/C15H20N2O/c1-11-6-13(8-15(2,3)7-11)18-14-10-17-5-4-12(14)9-16/h4-5,10-11,13H,6-8H2,1-3H3. The quantitative estimate of drug-likeness (QED) is 0.799. The molecule has 1 heterocycles. The van der Waals surface area contributed by atoms with Crippen LogP contribution < -0.4 is 4.74 Å². The molecule has 0 aliphatic heterocycles. The van der Waals surface area contributed by atoms with Gasteiger partial charge in [0.2, 0.25) is 0 Å². The summed E-state index contributed by atoms with van der Waals surface area (Å²) in [7, 11) is 0. The fraction of sp³-hybridized carbons (Fsp3) is 0.600. The van der Waals surface area contributed by atoms with Gasteiger partial charge >= 0.3 is 0 Å². The van der Waals surface area contributed by atoms with Gasteiger partial charge in [-0.15, -0.1) is 0 Å². The van der Waals surface area contributed by atoms with Crippen molar-refractivity contribution in [3.63, 3.8) is 0 Å². The number of aromatic nitrogens is 1. The van der Waals surface area contributed by atoms with Crippen molar-refractivity contribution in [1.29, 1.82) is 5.26 Å². The molecule has 0 N–H and O–H groups in total. The van der Waals surface area contributed by atoms with Crippen molar-refractivity contribution < 1.29 is 4.74 Å².